The predicted octanol–water partition coefficient (Wildman–Crippen LogP) is 1.84. The molecule has 0 amide bonds. The van der Waals surface area contributed by atoms with Gasteiger partial charge in [0.05, 0.1) is 12.2 Å². The third-order valence-corrected chi connectivity index (χ3v) is 4.37. The van der Waals surface area contributed by atoms with Crippen LogP contribution in [0.3, 0.4) is 0 Å². The molecular weight excluding hydrogens is 265 g/mol. The van der Waals surface area contributed by atoms with Gasteiger partial charge in [0.2, 0.25) is 0 Å². The van der Waals surface area contributed by atoms with Crippen LogP contribution in [0.2, 0.25) is 0 Å². The highest BCUT2D eigenvalue weighted by Gasteiger charge is 2.52. The lowest BCUT2D eigenvalue weighted by molar-refractivity contribution is -0.166. The minimum atomic E-state index is -0.694. The van der Waals surface area contributed by atoms with E-state index in [2.05, 4.69) is 35.3 Å². The average Bonchev–Trinajstić information content (AvgIpc) is 2.31. The van der Waals surface area contributed by atoms with Crippen molar-refractivity contribution in [3.05, 3.63) is 0 Å². The fourth-order valence-corrected chi connectivity index (χ4v) is 3.56. The Balaban J connectivity index is 2.95. The van der Waals surface area contributed by atoms with Gasteiger partial charge >= 0.3 is 0 Å². The second-order valence-corrected chi connectivity index (χ2v) is 4.93. The molecule has 1 aliphatic carbocycles. The maximum atomic E-state index is 10.2. The molecule has 0 aromatic rings. The van der Waals surface area contributed by atoms with Crippen molar-refractivity contribution in [1.29, 1.82) is 0 Å². The van der Waals surface area contributed by atoms with Gasteiger partial charge in [0.25, 0.3) is 0 Å². The number of rotatable bonds is 5. The summed E-state index contributed by atoms with van der Waals surface area (Å²) in [7, 11) is 6.76. The summed E-state index contributed by atoms with van der Waals surface area (Å²) in [4.78, 5) is 0. The summed E-state index contributed by atoms with van der Waals surface area (Å²) < 4.78 is 16.2. The summed E-state index contributed by atoms with van der Waals surface area (Å²) in [6.07, 6.45) is 2.21. The van der Waals surface area contributed by atoms with Crippen molar-refractivity contribution >= 4 is 28.4 Å². The van der Waals surface area contributed by atoms with Crippen LogP contribution >= 0.6 is 28.4 Å². The molecule has 0 bridgehead atoms. The van der Waals surface area contributed by atoms with E-state index < -0.39 is 11.7 Å². The van der Waals surface area contributed by atoms with E-state index in [-0.39, 0.29) is 12.2 Å². The second kappa shape index (κ2) is 6.90. The first-order valence-electron chi connectivity index (χ1n) is 5.43. The third-order valence-electron chi connectivity index (χ3n) is 3.29. The third kappa shape index (κ3) is 2.75. The molecule has 1 aliphatic rings. The monoisotopic (exact) mass is 286 g/mol. The number of hydrogen-bond acceptors (Lipinski definition) is 4. The number of aliphatic hydroxyl groups excluding tert-OH is 1. The number of aliphatic hydroxyl groups is 1. The Morgan fingerprint density at radius 1 is 1.25 bits per heavy atom. The molecule has 16 heavy (non-hydrogen) atoms. The first-order valence-corrected chi connectivity index (χ1v) is 6.84. The van der Waals surface area contributed by atoms with Crippen LogP contribution in [0.4, 0.5) is 0 Å². The van der Waals surface area contributed by atoms with E-state index in [1.807, 2.05) is 0 Å². The molecular formula is C9H21O4P3. The highest BCUT2D eigenvalue weighted by Crippen LogP contribution is 2.41. The average molecular weight is 286 g/mol. The molecule has 0 spiro atoms. The standard InChI is InChI=1S/C9H21O4P3/c1-2-5-9(13-16)7(10)4-3-6(11-14)8(9)12-15/h6-8,10H,2-5,14-16H2,1H3/t6-,7+,8+,9-/m0/s1. The maximum absolute atomic E-state index is 10.2. The van der Waals surface area contributed by atoms with Gasteiger partial charge in [-0.2, -0.15) is 0 Å². The molecule has 0 heterocycles. The summed E-state index contributed by atoms with van der Waals surface area (Å²) in [5.41, 5.74) is -0.694. The Morgan fingerprint density at radius 3 is 2.38 bits per heavy atom. The molecule has 1 rings (SSSR count). The van der Waals surface area contributed by atoms with Crippen LogP contribution in [0.5, 0.6) is 0 Å². The molecule has 1 N–H and O–H groups in total. The minimum absolute atomic E-state index is 0.0713. The van der Waals surface area contributed by atoms with E-state index in [9.17, 15) is 5.11 Å². The largest absolute Gasteiger partial charge is 0.390 e. The van der Waals surface area contributed by atoms with Crippen LogP contribution < -0.4 is 0 Å². The van der Waals surface area contributed by atoms with Crippen LogP contribution in [0, 0.1) is 0 Å². The van der Waals surface area contributed by atoms with E-state index in [0.29, 0.717) is 6.42 Å². The lowest BCUT2D eigenvalue weighted by Crippen LogP contribution is -2.60. The van der Waals surface area contributed by atoms with Crippen LogP contribution in [0.25, 0.3) is 0 Å². The van der Waals surface area contributed by atoms with Gasteiger partial charge < -0.3 is 18.7 Å². The Bertz CT molecular complexity index is 219. The summed E-state index contributed by atoms with van der Waals surface area (Å²) in [5.74, 6) is 0. The first-order chi connectivity index (χ1) is 7.66. The zero-order valence-electron chi connectivity index (χ0n) is 9.46. The van der Waals surface area contributed by atoms with E-state index in [0.717, 1.165) is 19.3 Å². The Labute approximate surface area is 104 Å². The predicted molar refractivity (Wildman–Crippen MR) is 72.8 cm³/mol. The molecule has 7 atom stereocenters. The lowest BCUT2D eigenvalue weighted by Gasteiger charge is -2.48. The van der Waals surface area contributed by atoms with Crippen molar-refractivity contribution in [3.8, 4) is 0 Å². The van der Waals surface area contributed by atoms with Crippen molar-refractivity contribution in [2.24, 2.45) is 0 Å². The van der Waals surface area contributed by atoms with E-state index >= 15 is 0 Å². The summed E-state index contributed by atoms with van der Waals surface area (Å²) >= 11 is 0. The first kappa shape index (κ1) is 15.2. The van der Waals surface area contributed by atoms with Gasteiger partial charge in [-0.25, -0.2) is 0 Å². The normalized spacial score (nSPS) is 39.9. The van der Waals surface area contributed by atoms with Crippen LogP contribution in [0.15, 0.2) is 0 Å². The Kier molecular flexibility index (Phi) is 6.55. The molecule has 0 aliphatic heterocycles. The minimum Gasteiger partial charge on any atom is -0.390 e. The van der Waals surface area contributed by atoms with Crippen molar-refractivity contribution < 1.29 is 18.7 Å². The second-order valence-electron chi connectivity index (χ2n) is 4.15. The topological polar surface area (TPSA) is 47.9 Å². The summed E-state index contributed by atoms with van der Waals surface area (Å²) in [6, 6.07) is 0. The van der Waals surface area contributed by atoms with Crippen LogP contribution in [-0.4, -0.2) is 29.0 Å². The van der Waals surface area contributed by atoms with E-state index in [1.54, 1.807) is 0 Å². The van der Waals surface area contributed by atoms with E-state index in [4.69, 9.17) is 13.6 Å². The molecule has 96 valence electrons. The van der Waals surface area contributed by atoms with Gasteiger partial charge in [0, 0.05) is 28.4 Å². The van der Waals surface area contributed by atoms with Gasteiger partial charge in [-0.3, -0.25) is 0 Å². The molecule has 0 aromatic carbocycles. The molecule has 7 heteroatoms. The van der Waals surface area contributed by atoms with Gasteiger partial charge in [-0.05, 0) is 19.3 Å². The fraction of sp³-hybridized carbons (Fsp3) is 1.00. The van der Waals surface area contributed by atoms with Crippen molar-refractivity contribution in [1.82, 2.24) is 0 Å². The van der Waals surface area contributed by atoms with Crippen LogP contribution in [-0.2, 0) is 13.6 Å². The van der Waals surface area contributed by atoms with Crippen molar-refractivity contribution in [2.75, 3.05) is 0 Å². The molecule has 0 radical (unpaired) electrons. The Morgan fingerprint density at radius 2 is 1.94 bits per heavy atom. The van der Waals surface area contributed by atoms with Crippen LogP contribution in [0.1, 0.15) is 32.6 Å². The molecule has 4 nitrogen and oxygen atoms in total. The lowest BCUT2D eigenvalue weighted by atomic mass is 9.75. The van der Waals surface area contributed by atoms with E-state index in [1.165, 1.54) is 0 Å². The molecule has 3 unspecified atom stereocenters. The van der Waals surface area contributed by atoms with Gasteiger partial charge in [-0.15, -0.1) is 0 Å². The fourth-order valence-electron chi connectivity index (χ4n) is 2.47. The number of hydrogen-bond donors (Lipinski definition) is 1. The zero-order chi connectivity index (χ0) is 12.2. The summed E-state index contributed by atoms with van der Waals surface area (Å²) in [6.45, 7) is 2.06. The highest BCUT2D eigenvalue weighted by atomic mass is 31.0. The molecule has 1 fully saturated rings. The van der Waals surface area contributed by atoms with Gasteiger partial charge in [-0.1, -0.05) is 13.3 Å². The van der Waals surface area contributed by atoms with Gasteiger partial charge in [0.1, 0.15) is 11.7 Å². The van der Waals surface area contributed by atoms with Crippen molar-refractivity contribution in [2.45, 2.75) is 56.5 Å². The molecule has 0 aromatic heterocycles. The van der Waals surface area contributed by atoms with Crippen molar-refractivity contribution in [3.63, 3.8) is 0 Å². The van der Waals surface area contributed by atoms with Gasteiger partial charge in [0.15, 0.2) is 0 Å². The summed E-state index contributed by atoms with van der Waals surface area (Å²) in [5, 5.41) is 10.2. The zero-order valence-corrected chi connectivity index (χ0v) is 12.9. The SMILES string of the molecule is CCC[C@]1(OP)[C@H](O)CC[C@H](OP)[C@H]1OP. The molecule has 0 saturated heterocycles. The highest BCUT2D eigenvalue weighted by molar-refractivity contribution is 7.10. The molecule has 1 saturated carbocycles. The smallest absolute Gasteiger partial charge is 0.126 e. The Hall–Kier alpha value is 1.13. The quantitative estimate of drug-likeness (QED) is 0.783. The maximum Gasteiger partial charge on any atom is 0.126 e.